The zero-order valence-corrected chi connectivity index (χ0v) is 22.0. The maximum absolute atomic E-state index is 14.7. The fraction of sp³-hybridized carbons (Fsp3) is 0.250. The molecule has 2 aromatic carbocycles. The van der Waals surface area contributed by atoms with Crippen molar-refractivity contribution in [3.63, 3.8) is 0 Å². The van der Waals surface area contributed by atoms with Gasteiger partial charge in [-0.3, -0.25) is 20.2 Å². The van der Waals surface area contributed by atoms with Gasteiger partial charge in [0.2, 0.25) is 0 Å². The molecule has 15 heteroatoms. The normalized spacial score (nSPS) is 11.5. The smallest absolute Gasteiger partial charge is 0.333 e. The average molecular weight is 750 g/mol. The molecule has 0 radical (unpaired) electrons. The third-order valence-corrected chi connectivity index (χ3v) is 8.54. The first-order valence-corrected chi connectivity index (χ1v) is 11.5. The van der Waals surface area contributed by atoms with Crippen molar-refractivity contribution < 1.29 is 27.4 Å². The van der Waals surface area contributed by atoms with E-state index >= 15 is 0 Å². The molecule has 0 heterocycles. The number of halogens is 8. The zero-order chi connectivity index (χ0) is 23.8. The van der Waals surface area contributed by atoms with Gasteiger partial charge in [0.25, 0.3) is 11.4 Å². The molecule has 2 aromatic rings. The predicted molar refractivity (Wildman–Crippen MR) is 124 cm³/mol. The van der Waals surface area contributed by atoms with E-state index in [1.807, 2.05) is 0 Å². The van der Waals surface area contributed by atoms with Gasteiger partial charge in [-0.1, -0.05) is 6.92 Å². The Morgan fingerprint density at radius 2 is 1.61 bits per heavy atom. The summed E-state index contributed by atoms with van der Waals surface area (Å²) in [6, 6.07) is 0.679. The number of benzene rings is 2. The van der Waals surface area contributed by atoms with Crippen molar-refractivity contribution in [2.45, 2.75) is 19.5 Å². The minimum atomic E-state index is -5.17. The number of nitro benzene ring substituents is 2. The summed E-state index contributed by atoms with van der Waals surface area (Å²) in [6.45, 7) is 1.42. The number of hydrogen-bond acceptors (Lipinski definition) is 5. The first kappa shape index (κ1) is 26.2. The van der Waals surface area contributed by atoms with Crippen LogP contribution in [0.4, 0.5) is 40.3 Å². The van der Waals surface area contributed by atoms with E-state index in [1.54, 1.807) is 29.5 Å². The van der Waals surface area contributed by atoms with E-state index in [9.17, 15) is 37.8 Å². The van der Waals surface area contributed by atoms with Crippen LogP contribution in [0.5, 0.6) is 0 Å². The lowest BCUT2D eigenvalue weighted by Crippen LogP contribution is -2.25. The summed E-state index contributed by atoms with van der Waals surface area (Å²) in [5, 5.41) is 22.8. The molecule has 0 atom stereocenters. The van der Waals surface area contributed by atoms with Crippen LogP contribution in [0.25, 0.3) is 0 Å². The Morgan fingerprint density at radius 3 is 2.06 bits per heavy atom. The molecule has 0 aliphatic rings. The Kier molecular flexibility index (Phi) is 8.30. The van der Waals surface area contributed by atoms with Crippen LogP contribution in [0.3, 0.4) is 0 Å². The number of hydrogen-bond donors (Lipinski definition) is 0. The van der Waals surface area contributed by atoms with Gasteiger partial charge in [0.05, 0.1) is 44.2 Å². The van der Waals surface area contributed by atoms with E-state index in [0.717, 1.165) is 4.90 Å². The monoisotopic (exact) mass is 747 g/mol. The van der Waals surface area contributed by atoms with Crippen LogP contribution >= 0.6 is 70.4 Å². The topological polar surface area (TPSA) is 89.5 Å². The van der Waals surface area contributed by atoms with Crippen LogP contribution in [0, 0.1) is 29.6 Å². The van der Waals surface area contributed by atoms with Gasteiger partial charge in [0.1, 0.15) is 5.69 Å². The maximum atomic E-state index is 14.7. The Labute approximate surface area is 211 Å². The van der Waals surface area contributed by atoms with Crippen molar-refractivity contribution in [2.24, 2.45) is 0 Å². The highest BCUT2D eigenvalue weighted by atomic mass is 127. The van der Waals surface area contributed by atoms with Crippen LogP contribution < -0.4 is 4.90 Å². The number of nitrogens with zero attached hydrogens (tertiary/aromatic N) is 3. The highest BCUT2D eigenvalue weighted by molar-refractivity contribution is 14.1. The number of non-ortho nitro benzene ring substituents is 1. The van der Waals surface area contributed by atoms with Crippen molar-refractivity contribution >= 4 is 93.1 Å². The molecule has 7 nitrogen and oxygen atoms in total. The molecule has 0 amide bonds. The highest BCUT2D eigenvalue weighted by Crippen LogP contribution is 2.51. The van der Waals surface area contributed by atoms with Crippen molar-refractivity contribution in [3.8, 4) is 0 Å². The minimum absolute atomic E-state index is 0.116. The quantitative estimate of drug-likeness (QED) is 0.0744. The van der Waals surface area contributed by atoms with Crippen molar-refractivity contribution in [3.05, 3.63) is 60.7 Å². The van der Waals surface area contributed by atoms with E-state index in [0.29, 0.717) is 6.07 Å². The fourth-order valence-corrected chi connectivity index (χ4v) is 5.87. The summed E-state index contributed by atoms with van der Waals surface area (Å²) in [7, 11) is 0. The summed E-state index contributed by atoms with van der Waals surface area (Å²) in [5.41, 5.74) is -4.89. The Morgan fingerprint density at radius 1 is 1.03 bits per heavy atom. The van der Waals surface area contributed by atoms with Crippen LogP contribution in [0.1, 0.15) is 18.9 Å². The van der Waals surface area contributed by atoms with Crippen LogP contribution in [-0.2, 0) is 6.18 Å². The lowest BCUT2D eigenvalue weighted by Gasteiger charge is -2.29. The SMILES string of the molecule is CCCN(c1c([N+](=O)[O-])cc([N+](=O)[O-])cc1C(F)(F)F)c1c(Br)c(F)c(I)c(Br)c1Br. The summed E-state index contributed by atoms with van der Waals surface area (Å²) < 4.78 is 56.6. The third kappa shape index (κ3) is 5.13. The maximum Gasteiger partial charge on any atom is 0.418 e. The second-order valence-electron chi connectivity index (χ2n) is 5.94. The molecular formula is C16H9Br3F4IN3O4. The molecule has 2 rings (SSSR count). The van der Waals surface area contributed by atoms with Gasteiger partial charge in [-0.15, -0.1) is 0 Å². The van der Waals surface area contributed by atoms with Crippen molar-refractivity contribution in [2.75, 3.05) is 11.4 Å². The molecule has 0 N–H and O–H groups in total. The van der Waals surface area contributed by atoms with Crippen LogP contribution in [0.15, 0.2) is 25.6 Å². The molecule has 0 bridgehead atoms. The van der Waals surface area contributed by atoms with Gasteiger partial charge in [-0.05, 0) is 76.8 Å². The van der Waals surface area contributed by atoms with Gasteiger partial charge < -0.3 is 4.90 Å². The number of alkyl halides is 3. The van der Waals surface area contributed by atoms with Gasteiger partial charge in [-0.25, -0.2) is 4.39 Å². The first-order valence-electron chi connectivity index (χ1n) is 8.06. The van der Waals surface area contributed by atoms with Crippen LogP contribution in [0.2, 0.25) is 0 Å². The molecule has 168 valence electrons. The first-order chi connectivity index (χ1) is 14.2. The minimum Gasteiger partial charge on any atom is -0.333 e. The Balaban J connectivity index is 3.07. The predicted octanol–water partition coefficient (Wildman–Crippen LogP) is 8.10. The standard InChI is InChI=1S/C16H9Br3F4IN3O4/c1-2-3-25(15-10(18)9(17)13(24)12(20)11(15)19)14-7(16(21,22)23)4-6(26(28)29)5-8(14)27(30)31/h4-5H,2-3H2,1H3. The van der Waals surface area contributed by atoms with Crippen LogP contribution in [-0.4, -0.2) is 16.4 Å². The van der Waals surface area contributed by atoms with E-state index in [1.165, 1.54) is 0 Å². The number of rotatable bonds is 6. The molecule has 0 unspecified atom stereocenters. The van der Waals surface area contributed by atoms with E-state index in [4.69, 9.17) is 0 Å². The van der Waals surface area contributed by atoms with Gasteiger partial charge in [0.15, 0.2) is 5.82 Å². The second kappa shape index (κ2) is 9.82. The molecule has 0 aromatic heterocycles. The molecule has 0 spiro atoms. The molecular weight excluding hydrogens is 741 g/mol. The molecule has 0 aliphatic carbocycles. The summed E-state index contributed by atoms with van der Waals surface area (Å²) >= 11 is 11.1. The van der Waals surface area contributed by atoms with Crippen molar-refractivity contribution in [1.82, 2.24) is 0 Å². The molecule has 0 aliphatic heterocycles. The van der Waals surface area contributed by atoms with Gasteiger partial charge in [-0.2, -0.15) is 13.2 Å². The number of anilines is 2. The second-order valence-corrected chi connectivity index (χ2v) is 9.40. The van der Waals surface area contributed by atoms with Gasteiger partial charge in [0, 0.05) is 12.6 Å². The fourth-order valence-electron chi connectivity index (χ4n) is 2.74. The highest BCUT2D eigenvalue weighted by Gasteiger charge is 2.42. The molecule has 0 saturated heterocycles. The lowest BCUT2D eigenvalue weighted by molar-refractivity contribution is -0.394. The molecule has 0 saturated carbocycles. The average Bonchev–Trinajstić information content (AvgIpc) is 2.68. The molecule has 0 fully saturated rings. The number of nitro groups is 2. The third-order valence-electron chi connectivity index (χ3n) is 3.96. The Hall–Kier alpha value is -1.07. The van der Waals surface area contributed by atoms with E-state index < -0.39 is 44.5 Å². The zero-order valence-electron chi connectivity index (χ0n) is 15.1. The summed E-state index contributed by atoms with van der Waals surface area (Å²) in [6.07, 6.45) is -4.95. The van der Waals surface area contributed by atoms with E-state index in [-0.39, 0.29) is 41.7 Å². The van der Waals surface area contributed by atoms with E-state index in [2.05, 4.69) is 47.8 Å². The summed E-state index contributed by atoms with van der Waals surface area (Å²) in [5.74, 6) is -0.801. The summed E-state index contributed by atoms with van der Waals surface area (Å²) in [4.78, 5) is 21.4. The molecule has 31 heavy (non-hydrogen) atoms. The Bertz CT molecular complexity index is 1060. The lowest BCUT2D eigenvalue weighted by atomic mass is 10.1. The largest absolute Gasteiger partial charge is 0.418 e. The van der Waals surface area contributed by atoms with Gasteiger partial charge >= 0.3 is 6.18 Å². The van der Waals surface area contributed by atoms with Crippen molar-refractivity contribution in [1.29, 1.82) is 0 Å².